The van der Waals surface area contributed by atoms with Crippen LogP contribution in [-0.2, 0) is 13.6 Å². The summed E-state index contributed by atoms with van der Waals surface area (Å²) in [5, 5.41) is 8.03. The molecule has 0 spiro atoms. The van der Waals surface area contributed by atoms with Crippen molar-refractivity contribution in [1.29, 1.82) is 0 Å². The van der Waals surface area contributed by atoms with Crippen molar-refractivity contribution in [2.75, 3.05) is 27.2 Å². The summed E-state index contributed by atoms with van der Waals surface area (Å²) in [6, 6.07) is 0.616. The molecular formula is C13H24N4O. The minimum Gasteiger partial charge on any atom is -0.481 e. The van der Waals surface area contributed by atoms with Crippen LogP contribution < -0.4 is 10.1 Å². The average Bonchev–Trinajstić information content (AvgIpc) is 2.62. The number of hydrogen-bond donors (Lipinski definition) is 1. The van der Waals surface area contributed by atoms with Crippen molar-refractivity contribution in [3.63, 3.8) is 0 Å². The molecule has 0 radical (unpaired) electrons. The summed E-state index contributed by atoms with van der Waals surface area (Å²) in [5.74, 6) is 0.868. The minimum atomic E-state index is 0.616. The fraction of sp³-hybridized carbons (Fsp3) is 0.769. The van der Waals surface area contributed by atoms with Gasteiger partial charge in [-0.1, -0.05) is 0 Å². The number of aromatic nitrogens is 2. The van der Waals surface area contributed by atoms with Crippen LogP contribution in [0.5, 0.6) is 5.88 Å². The predicted molar refractivity (Wildman–Crippen MR) is 71.9 cm³/mol. The third-order valence-corrected chi connectivity index (χ3v) is 3.77. The van der Waals surface area contributed by atoms with E-state index in [-0.39, 0.29) is 0 Å². The Hall–Kier alpha value is -1.07. The van der Waals surface area contributed by atoms with E-state index in [1.54, 1.807) is 11.8 Å². The Labute approximate surface area is 109 Å². The lowest BCUT2D eigenvalue weighted by atomic mass is 10.1. The lowest BCUT2D eigenvalue weighted by molar-refractivity contribution is 0.233. The molecule has 1 aromatic rings. The second-order valence-electron chi connectivity index (χ2n) is 5.16. The molecule has 0 saturated carbocycles. The van der Waals surface area contributed by atoms with E-state index >= 15 is 0 Å². The van der Waals surface area contributed by atoms with Gasteiger partial charge in [0.2, 0.25) is 5.88 Å². The lowest BCUT2D eigenvalue weighted by Gasteiger charge is -2.29. The molecule has 1 saturated heterocycles. The molecule has 0 atom stereocenters. The number of aryl methyl sites for hydroxylation is 2. The number of nitrogens with one attached hydrogen (secondary N) is 1. The maximum absolute atomic E-state index is 5.41. The van der Waals surface area contributed by atoms with Crippen molar-refractivity contribution >= 4 is 0 Å². The second kappa shape index (κ2) is 5.71. The van der Waals surface area contributed by atoms with Crippen molar-refractivity contribution in [2.45, 2.75) is 32.4 Å². The van der Waals surface area contributed by atoms with E-state index in [0.29, 0.717) is 6.04 Å². The van der Waals surface area contributed by atoms with E-state index in [4.69, 9.17) is 4.74 Å². The first kappa shape index (κ1) is 13.4. The zero-order valence-corrected chi connectivity index (χ0v) is 11.9. The van der Waals surface area contributed by atoms with Crippen molar-refractivity contribution in [2.24, 2.45) is 7.05 Å². The maximum Gasteiger partial charge on any atom is 0.216 e. The molecule has 102 valence electrons. The normalized spacial score (nSPS) is 18.2. The Balaban J connectivity index is 1.94. The van der Waals surface area contributed by atoms with Crippen LogP contribution >= 0.6 is 0 Å². The van der Waals surface area contributed by atoms with Crippen LogP contribution in [0.15, 0.2) is 0 Å². The number of piperidine rings is 1. The zero-order valence-electron chi connectivity index (χ0n) is 11.9. The molecule has 2 heterocycles. The summed E-state index contributed by atoms with van der Waals surface area (Å²) in [4.78, 5) is 2.38. The number of rotatable bonds is 4. The first-order chi connectivity index (χ1) is 8.61. The van der Waals surface area contributed by atoms with Gasteiger partial charge in [-0.25, -0.2) is 4.68 Å². The molecule has 5 nitrogen and oxygen atoms in total. The molecule has 5 heteroatoms. The Morgan fingerprint density at radius 3 is 2.61 bits per heavy atom. The highest BCUT2D eigenvalue weighted by atomic mass is 16.5. The van der Waals surface area contributed by atoms with Crippen LogP contribution in [0.1, 0.15) is 24.1 Å². The minimum absolute atomic E-state index is 0.616. The molecule has 1 aromatic heterocycles. The Bertz CT molecular complexity index is 394. The molecule has 1 N–H and O–H groups in total. The van der Waals surface area contributed by atoms with E-state index < -0.39 is 0 Å². The van der Waals surface area contributed by atoms with E-state index in [2.05, 4.69) is 22.4 Å². The smallest absolute Gasteiger partial charge is 0.216 e. The molecule has 1 aliphatic heterocycles. The van der Waals surface area contributed by atoms with Crippen LogP contribution in [0.25, 0.3) is 0 Å². The third kappa shape index (κ3) is 2.84. The Kier molecular flexibility index (Phi) is 4.24. The van der Waals surface area contributed by atoms with Crippen molar-refractivity contribution in [3.05, 3.63) is 11.3 Å². The predicted octanol–water partition coefficient (Wildman–Crippen LogP) is 0.921. The van der Waals surface area contributed by atoms with Crippen LogP contribution in [0.4, 0.5) is 0 Å². The molecule has 0 aromatic carbocycles. The van der Waals surface area contributed by atoms with Gasteiger partial charge >= 0.3 is 0 Å². The summed E-state index contributed by atoms with van der Waals surface area (Å²) < 4.78 is 7.21. The van der Waals surface area contributed by atoms with Gasteiger partial charge in [0.25, 0.3) is 0 Å². The number of nitrogens with zero attached hydrogens (tertiary/aromatic N) is 3. The number of ether oxygens (including phenoxy) is 1. The van der Waals surface area contributed by atoms with Crippen LogP contribution in [0.2, 0.25) is 0 Å². The van der Waals surface area contributed by atoms with Crippen molar-refractivity contribution in [3.8, 4) is 5.88 Å². The van der Waals surface area contributed by atoms with Gasteiger partial charge in [0.1, 0.15) is 0 Å². The number of methoxy groups -OCH3 is 1. The summed E-state index contributed by atoms with van der Waals surface area (Å²) in [6.45, 7) is 5.24. The van der Waals surface area contributed by atoms with Gasteiger partial charge in [0, 0.05) is 19.6 Å². The monoisotopic (exact) mass is 252 g/mol. The SMILES string of the molecule is COc1c(CNC2CCN(C)CC2)c(C)nn1C. The summed E-state index contributed by atoms with van der Waals surface area (Å²) in [5.41, 5.74) is 2.23. The van der Waals surface area contributed by atoms with Crippen LogP contribution in [0, 0.1) is 6.92 Å². The lowest BCUT2D eigenvalue weighted by Crippen LogP contribution is -2.40. The molecule has 0 amide bonds. The second-order valence-corrected chi connectivity index (χ2v) is 5.16. The van der Waals surface area contributed by atoms with E-state index in [1.165, 1.54) is 31.5 Å². The molecule has 0 aliphatic carbocycles. The molecule has 1 aliphatic rings. The van der Waals surface area contributed by atoms with E-state index in [1.807, 2.05) is 14.0 Å². The molecule has 18 heavy (non-hydrogen) atoms. The highest BCUT2D eigenvalue weighted by Gasteiger charge is 2.18. The van der Waals surface area contributed by atoms with Gasteiger partial charge < -0.3 is 15.0 Å². The van der Waals surface area contributed by atoms with Crippen LogP contribution in [-0.4, -0.2) is 48.0 Å². The Morgan fingerprint density at radius 1 is 1.33 bits per heavy atom. The van der Waals surface area contributed by atoms with Crippen molar-refractivity contribution < 1.29 is 4.74 Å². The quantitative estimate of drug-likeness (QED) is 0.865. The van der Waals surface area contributed by atoms with Crippen molar-refractivity contribution in [1.82, 2.24) is 20.0 Å². The number of likely N-dealkylation sites (tertiary alicyclic amines) is 1. The van der Waals surface area contributed by atoms with Gasteiger partial charge in [-0.3, -0.25) is 0 Å². The fourth-order valence-corrected chi connectivity index (χ4v) is 2.60. The van der Waals surface area contributed by atoms with Gasteiger partial charge in [-0.15, -0.1) is 0 Å². The Morgan fingerprint density at radius 2 is 2.00 bits per heavy atom. The zero-order chi connectivity index (χ0) is 13.1. The average molecular weight is 252 g/mol. The summed E-state index contributed by atoms with van der Waals surface area (Å²) in [7, 11) is 5.81. The van der Waals surface area contributed by atoms with E-state index in [9.17, 15) is 0 Å². The maximum atomic E-state index is 5.41. The van der Waals surface area contributed by atoms with E-state index in [0.717, 1.165) is 18.1 Å². The number of hydrogen-bond acceptors (Lipinski definition) is 4. The topological polar surface area (TPSA) is 42.3 Å². The van der Waals surface area contributed by atoms with Gasteiger partial charge in [0.15, 0.2) is 0 Å². The van der Waals surface area contributed by atoms with Gasteiger partial charge in [-0.05, 0) is 39.9 Å². The highest BCUT2D eigenvalue weighted by molar-refractivity contribution is 5.30. The summed E-state index contributed by atoms with van der Waals surface area (Å²) >= 11 is 0. The standard InChI is InChI=1S/C13H24N4O/c1-10-12(13(18-4)17(3)15-10)9-14-11-5-7-16(2)8-6-11/h11,14H,5-9H2,1-4H3. The van der Waals surface area contributed by atoms with Gasteiger partial charge in [-0.2, -0.15) is 5.10 Å². The molecule has 0 bridgehead atoms. The highest BCUT2D eigenvalue weighted by Crippen LogP contribution is 2.21. The molecule has 0 unspecified atom stereocenters. The third-order valence-electron chi connectivity index (χ3n) is 3.77. The summed E-state index contributed by atoms with van der Waals surface area (Å²) in [6.07, 6.45) is 2.44. The molecular weight excluding hydrogens is 228 g/mol. The fourth-order valence-electron chi connectivity index (χ4n) is 2.60. The largest absolute Gasteiger partial charge is 0.481 e. The first-order valence-electron chi connectivity index (χ1n) is 6.60. The molecule has 1 fully saturated rings. The molecule has 2 rings (SSSR count). The van der Waals surface area contributed by atoms with Gasteiger partial charge in [0.05, 0.1) is 18.4 Å². The first-order valence-corrected chi connectivity index (χ1v) is 6.60. The van der Waals surface area contributed by atoms with Crippen LogP contribution in [0.3, 0.4) is 0 Å².